The summed E-state index contributed by atoms with van der Waals surface area (Å²) in [7, 11) is -0.641. The van der Waals surface area contributed by atoms with Crippen molar-refractivity contribution in [2.75, 3.05) is 0 Å². The van der Waals surface area contributed by atoms with Crippen molar-refractivity contribution in [2.24, 2.45) is 11.8 Å². The van der Waals surface area contributed by atoms with Crippen LogP contribution in [0.25, 0.3) is 45.5 Å². The molecule has 0 aromatic heterocycles. The molecule has 0 nitrogen and oxygen atoms in total. The van der Waals surface area contributed by atoms with Gasteiger partial charge in [-0.05, 0) is 0 Å². The Morgan fingerprint density at radius 3 is 1.34 bits per heavy atom. The third-order valence-electron chi connectivity index (χ3n) is 13.4. The molecule has 2 atom stereocenters. The Morgan fingerprint density at radius 2 is 0.862 bits per heavy atom. The van der Waals surface area contributed by atoms with Gasteiger partial charge in [-0.25, -0.2) is 0 Å². The van der Waals surface area contributed by atoms with Crippen molar-refractivity contribution in [1.29, 1.82) is 0 Å². The summed E-state index contributed by atoms with van der Waals surface area (Å²) in [4.78, 5) is 0. The fraction of sp³-hybridized carbons (Fsp3) is 0.286. The van der Waals surface area contributed by atoms with E-state index >= 15 is 0 Å². The minimum atomic E-state index is -2.93. The van der Waals surface area contributed by atoms with Crippen LogP contribution < -0.4 is 13.6 Å². The molecule has 0 spiro atoms. The van der Waals surface area contributed by atoms with Gasteiger partial charge < -0.3 is 0 Å². The van der Waals surface area contributed by atoms with E-state index < -0.39 is 31.3 Å². The maximum atomic E-state index is 2.68. The second kappa shape index (κ2) is 14.9. The Labute approximate surface area is 359 Å². The Bertz CT molecular complexity index is 2500. The molecular formula is C56H59SiZr. The standard InChI is InChI=1S/2C22H25.C12H9Si.Zr/c2*1-15(2)17-13-16-9-8-11-18(20(16)14-17)19-10-6-7-12-21(19)22(3,4)5;1-3-7-11-9(5-1)10-6-2-4-8-12(10)13-11;/h2*6-15H,1-5H3;1-7H,13H2;. The first kappa shape index (κ1) is 39.4. The van der Waals surface area contributed by atoms with Gasteiger partial charge in [-0.15, -0.1) is 0 Å². The van der Waals surface area contributed by atoms with E-state index in [4.69, 9.17) is 0 Å². The van der Waals surface area contributed by atoms with Crippen molar-refractivity contribution >= 4 is 35.3 Å². The number of allylic oxidation sites excluding steroid dienone is 2. The van der Waals surface area contributed by atoms with Gasteiger partial charge in [0.05, 0.1) is 0 Å². The first-order valence-electron chi connectivity index (χ1n) is 21.7. The monoisotopic (exact) mass is 849 g/mol. The van der Waals surface area contributed by atoms with Gasteiger partial charge in [-0.3, -0.25) is 0 Å². The van der Waals surface area contributed by atoms with Crippen LogP contribution in [0.4, 0.5) is 0 Å². The predicted octanol–water partition coefficient (Wildman–Crippen LogP) is 12.5. The van der Waals surface area contributed by atoms with E-state index in [1.165, 1.54) is 55.6 Å². The summed E-state index contributed by atoms with van der Waals surface area (Å²) in [6.07, 6.45) is 5.36. The van der Waals surface area contributed by atoms with Gasteiger partial charge >= 0.3 is 362 Å². The van der Waals surface area contributed by atoms with E-state index in [0.717, 1.165) is 0 Å². The van der Waals surface area contributed by atoms with Crippen molar-refractivity contribution in [3.8, 4) is 33.4 Å². The van der Waals surface area contributed by atoms with E-state index in [-0.39, 0.29) is 10.8 Å². The molecule has 2 unspecified atom stereocenters. The molecule has 1 heterocycles. The normalized spacial score (nSPS) is 17.3. The zero-order valence-electron chi connectivity index (χ0n) is 36.3. The van der Waals surface area contributed by atoms with Gasteiger partial charge in [-0.1, -0.05) is 0 Å². The summed E-state index contributed by atoms with van der Waals surface area (Å²) in [6, 6.07) is 49.9. The van der Waals surface area contributed by atoms with Gasteiger partial charge in [-0.2, -0.15) is 0 Å². The zero-order valence-corrected chi connectivity index (χ0v) is 40.2. The van der Waals surface area contributed by atoms with Crippen molar-refractivity contribution in [2.45, 2.75) is 87.3 Å². The van der Waals surface area contributed by atoms with Crippen LogP contribution in [-0.2, 0) is 32.6 Å². The second-order valence-corrected chi connectivity index (χ2v) is 28.0. The van der Waals surface area contributed by atoms with Crippen LogP contribution in [0, 0.1) is 11.8 Å². The van der Waals surface area contributed by atoms with Crippen LogP contribution in [-0.4, -0.2) is 9.52 Å². The molecule has 58 heavy (non-hydrogen) atoms. The minimum absolute atomic E-state index is 0.0426. The Balaban J connectivity index is 1.32. The van der Waals surface area contributed by atoms with Crippen LogP contribution in [0.2, 0.25) is 0 Å². The molecule has 0 saturated carbocycles. The third kappa shape index (κ3) is 6.58. The SMILES string of the molecule is CC(C)C1=Cc2c(-c3ccccc3C(C)(C)C)cccc2[CH]1[Zr]([c]1cccc2c1[SiH2]c1ccccc1-2)[CH]1C(C(C)C)=Cc2c(-c3ccccc3C(C)(C)C)cccc21. The molecule has 9 rings (SSSR count). The van der Waals surface area contributed by atoms with Crippen LogP contribution in [0.1, 0.15) is 110 Å². The summed E-state index contributed by atoms with van der Waals surface area (Å²) in [5.74, 6) is 0.893. The van der Waals surface area contributed by atoms with E-state index in [1.54, 1.807) is 35.9 Å². The number of fused-ring (bicyclic) bond motifs is 5. The van der Waals surface area contributed by atoms with Crippen molar-refractivity contribution in [3.63, 3.8) is 0 Å². The predicted molar refractivity (Wildman–Crippen MR) is 252 cm³/mol. The summed E-state index contributed by atoms with van der Waals surface area (Å²) in [6.45, 7) is 24.1. The average Bonchev–Trinajstić information content (AvgIpc) is 3.90. The maximum absolute atomic E-state index is 2.93. The van der Waals surface area contributed by atoms with E-state index in [2.05, 4.69) is 209 Å². The number of hydrogen-bond acceptors (Lipinski definition) is 0. The summed E-state index contributed by atoms with van der Waals surface area (Å²) in [5.41, 5.74) is 21.0. The molecule has 0 N–H and O–H groups in total. The number of benzene rings is 6. The number of rotatable bonds is 7. The molecule has 0 amide bonds. The van der Waals surface area contributed by atoms with Crippen LogP contribution in [0.3, 0.4) is 0 Å². The van der Waals surface area contributed by atoms with E-state index in [0.29, 0.717) is 19.1 Å². The van der Waals surface area contributed by atoms with Gasteiger partial charge in [0.15, 0.2) is 0 Å². The van der Waals surface area contributed by atoms with Crippen LogP contribution >= 0.6 is 0 Å². The molecule has 3 aliphatic rings. The molecule has 2 aliphatic carbocycles. The van der Waals surface area contributed by atoms with E-state index in [9.17, 15) is 0 Å². The third-order valence-corrected chi connectivity index (χ3v) is 25.2. The van der Waals surface area contributed by atoms with Crippen LogP contribution in [0.5, 0.6) is 0 Å². The first-order valence-corrected chi connectivity index (χ1v) is 27.2. The van der Waals surface area contributed by atoms with E-state index in [1.807, 2.05) is 0 Å². The Morgan fingerprint density at radius 1 is 0.448 bits per heavy atom. The molecule has 291 valence electrons. The summed E-state index contributed by atoms with van der Waals surface area (Å²) in [5, 5.41) is 3.36. The zero-order chi connectivity index (χ0) is 40.7. The fourth-order valence-corrected chi connectivity index (χ4v) is 25.4. The molecule has 0 saturated heterocycles. The molecule has 0 radical (unpaired) electrons. The van der Waals surface area contributed by atoms with Crippen LogP contribution in [0.15, 0.2) is 139 Å². The summed E-state index contributed by atoms with van der Waals surface area (Å²) >= 11 is -2.93. The Hall–Kier alpha value is -4.10. The second-order valence-electron chi connectivity index (χ2n) is 19.8. The molecule has 0 fully saturated rings. The van der Waals surface area contributed by atoms with Gasteiger partial charge in [0, 0.05) is 0 Å². The van der Waals surface area contributed by atoms with Gasteiger partial charge in [0.25, 0.3) is 0 Å². The topological polar surface area (TPSA) is 0 Å². The van der Waals surface area contributed by atoms with Crippen molar-refractivity contribution < 1.29 is 21.8 Å². The molecule has 6 aromatic carbocycles. The molecule has 0 bridgehead atoms. The molecule has 6 aromatic rings. The average molecular weight is 851 g/mol. The quantitative estimate of drug-likeness (QED) is 0.140. The van der Waals surface area contributed by atoms with Crippen molar-refractivity contribution in [3.05, 3.63) is 172 Å². The summed E-state index contributed by atoms with van der Waals surface area (Å²) < 4.78 is 2.65. The number of hydrogen-bond donors (Lipinski definition) is 0. The molecular weight excluding hydrogens is 792 g/mol. The van der Waals surface area contributed by atoms with Gasteiger partial charge in [0.2, 0.25) is 0 Å². The van der Waals surface area contributed by atoms with Gasteiger partial charge in [0.1, 0.15) is 0 Å². The first-order chi connectivity index (χ1) is 27.7. The molecule has 1 aliphatic heterocycles. The van der Waals surface area contributed by atoms with Crippen molar-refractivity contribution in [1.82, 2.24) is 0 Å². The molecule has 2 heteroatoms. The fourth-order valence-electron chi connectivity index (χ4n) is 10.7. The Kier molecular flexibility index (Phi) is 10.1.